The van der Waals surface area contributed by atoms with Crippen molar-refractivity contribution in [2.24, 2.45) is 14.9 Å². The Kier molecular flexibility index (Phi) is 1.87. The first-order valence-electron chi connectivity index (χ1n) is 3.53. The van der Waals surface area contributed by atoms with Gasteiger partial charge in [0.1, 0.15) is 0 Å². The van der Waals surface area contributed by atoms with Crippen molar-refractivity contribution in [2.45, 2.75) is 4.90 Å². The van der Waals surface area contributed by atoms with E-state index in [-0.39, 0.29) is 10.9 Å². The summed E-state index contributed by atoms with van der Waals surface area (Å²) >= 11 is 0. The molecule has 12 heavy (non-hydrogen) atoms. The molecule has 0 saturated heterocycles. The van der Waals surface area contributed by atoms with Crippen LogP contribution >= 0.6 is 0 Å². The van der Waals surface area contributed by atoms with Gasteiger partial charge in [-0.3, -0.25) is 0 Å². The lowest BCUT2D eigenvalue weighted by Crippen LogP contribution is -2.10. The molecule has 1 atom stereocenters. The van der Waals surface area contributed by atoms with Crippen LogP contribution in [0.3, 0.4) is 0 Å². The van der Waals surface area contributed by atoms with E-state index in [0.717, 1.165) is 4.90 Å². The van der Waals surface area contributed by atoms with Crippen molar-refractivity contribution in [1.82, 2.24) is 4.41 Å². The zero-order valence-corrected chi connectivity index (χ0v) is 7.40. The van der Waals surface area contributed by atoms with E-state index in [0.29, 0.717) is 0 Å². The van der Waals surface area contributed by atoms with Gasteiger partial charge in [0, 0.05) is 11.9 Å². The Hall–Kier alpha value is -1.23. The zero-order chi connectivity index (χ0) is 8.39. The molecule has 0 amide bonds. The molecule has 0 N–H and O–H groups in total. The van der Waals surface area contributed by atoms with Crippen LogP contribution in [-0.4, -0.2) is 11.5 Å². The van der Waals surface area contributed by atoms with E-state index in [1.807, 2.05) is 37.4 Å². The minimum atomic E-state index is -0.310. The van der Waals surface area contributed by atoms with E-state index in [2.05, 4.69) is 14.9 Å². The molecule has 1 unspecified atom stereocenters. The Morgan fingerprint density at radius 3 is 2.58 bits per heavy atom. The van der Waals surface area contributed by atoms with Crippen molar-refractivity contribution in [3.63, 3.8) is 0 Å². The predicted octanol–water partition coefficient (Wildman–Crippen LogP) is 1.99. The molecular formula is C7H8N4S. The van der Waals surface area contributed by atoms with E-state index in [9.17, 15) is 0 Å². The SMILES string of the molecule is CN1N=NN=S1c1ccccc1. The van der Waals surface area contributed by atoms with Crippen LogP contribution in [0.2, 0.25) is 0 Å². The van der Waals surface area contributed by atoms with Crippen molar-refractivity contribution in [3.05, 3.63) is 30.3 Å². The summed E-state index contributed by atoms with van der Waals surface area (Å²) in [6.07, 6.45) is 0. The Labute approximate surface area is 73.1 Å². The maximum atomic E-state index is 4.00. The third kappa shape index (κ3) is 1.23. The van der Waals surface area contributed by atoms with E-state index in [1.54, 1.807) is 4.41 Å². The summed E-state index contributed by atoms with van der Waals surface area (Å²) in [6, 6.07) is 10.0. The van der Waals surface area contributed by atoms with Gasteiger partial charge in [0.25, 0.3) is 0 Å². The lowest BCUT2D eigenvalue weighted by molar-refractivity contribution is 0.574. The van der Waals surface area contributed by atoms with Gasteiger partial charge < -0.3 is 0 Å². The molecule has 0 fully saturated rings. The normalized spacial score (nSPS) is 21.1. The quantitative estimate of drug-likeness (QED) is 0.651. The third-order valence-corrected chi connectivity index (χ3v) is 2.98. The lowest BCUT2D eigenvalue weighted by Gasteiger charge is -2.08. The molecule has 1 aliphatic heterocycles. The average Bonchev–Trinajstić information content (AvgIpc) is 2.53. The molecule has 5 heteroatoms. The fourth-order valence-corrected chi connectivity index (χ4v) is 2.05. The number of nitrogens with zero attached hydrogens (tertiary/aromatic N) is 4. The first kappa shape index (κ1) is 7.42. The topological polar surface area (TPSA) is 40.3 Å². The molecule has 0 saturated carbocycles. The molecule has 1 aliphatic rings. The summed E-state index contributed by atoms with van der Waals surface area (Å²) in [7, 11) is 1.56. The maximum Gasteiger partial charge on any atom is 0.0736 e. The highest BCUT2D eigenvalue weighted by atomic mass is 32.2. The van der Waals surface area contributed by atoms with Crippen LogP contribution in [-0.2, 0) is 10.9 Å². The summed E-state index contributed by atoms with van der Waals surface area (Å²) in [5.74, 6) is 0. The largest absolute Gasteiger partial charge is 0.206 e. The zero-order valence-electron chi connectivity index (χ0n) is 6.58. The van der Waals surface area contributed by atoms with Gasteiger partial charge in [0.15, 0.2) is 0 Å². The highest BCUT2D eigenvalue weighted by molar-refractivity contribution is 7.85. The Morgan fingerprint density at radius 1 is 1.25 bits per heavy atom. The fraction of sp³-hybridized carbons (Fsp3) is 0.143. The standard InChI is InChI=1S/C7H8N4S/c1-11-9-8-10-12(11)7-5-3-2-4-6-7/h2-6H,1H3. The molecule has 0 spiro atoms. The van der Waals surface area contributed by atoms with Crippen molar-refractivity contribution in [1.29, 1.82) is 0 Å². The van der Waals surface area contributed by atoms with Gasteiger partial charge in [-0.05, 0) is 22.6 Å². The molecule has 0 aliphatic carbocycles. The molecule has 0 bridgehead atoms. The summed E-state index contributed by atoms with van der Waals surface area (Å²) in [5.41, 5.74) is 0. The second-order valence-corrected chi connectivity index (χ2v) is 3.99. The van der Waals surface area contributed by atoms with E-state index >= 15 is 0 Å². The minimum absolute atomic E-state index is 0.310. The molecule has 62 valence electrons. The van der Waals surface area contributed by atoms with Crippen LogP contribution in [0.5, 0.6) is 0 Å². The van der Waals surface area contributed by atoms with Crippen molar-refractivity contribution >= 4 is 10.9 Å². The molecule has 1 aromatic carbocycles. The number of hydrogen-bond donors (Lipinski definition) is 0. The molecule has 1 aromatic rings. The fourth-order valence-electron chi connectivity index (χ4n) is 0.937. The number of benzene rings is 1. The molecule has 1 heterocycles. The van der Waals surface area contributed by atoms with E-state index < -0.39 is 0 Å². The van der Waals surface area contributed by atoms with E-state index in [4.69, 9.17) is 0 Å². The van der Waals surface area contributed by atoms with E-state index in [1.165, 1.54) is 0 Å². The second-order valence-electron chi connectivity index (χ2n) is 2.30. The highest BCUT2D eigenvalue weighted by Gasteiger charge is 2.10. The molecule has 0 radical (unpaired) electrons. The van der Waals surface area contributed by atoms with Crippen LogP contribution in [0, 0.1) is 0 Å². The van der Waals surface area contributed by atoms with Gasteiger partial charge in [0.05, 0.1) is 10.9 Å². The van der Waals surface area contributed by atoms with Crippen LogP contribution < -0.4 is 0 Å². The Bertz CT molecular complexity index is 333. The highest BCUT2D eigenvalue weighted by Crippen LogP contribution is 2.16. The minimum Gasteiger partial charge on any atom is -0.206 e. The van der Waals surface area contributed by atoms with Gasteiger partial charge in [-0.1, -0.05) is 22.7 Å². The lowest BCUT2D eigenvalue weighted by atomic mass is 10.4. The molecule has 0 aromatic heterocycles. The summed E-state index contributed by atoms with van der Waals surface area (Å²) in [4.78, 5) is 1.14. The van der Waals surface area contributed by atoms with Gasteiger partial charge in [-0.15, -0.1) is 0 Å². The summed E-state index contributed by atoms with van der Waals surface area (Å²) < 4.78 is 5.76. The Morgan fingerprint density at radius 2 is 2.00 bits per heavy atom. The maximum absolute atomic E-state index is 4.00. The smallest absolute Gasteiger partial charge is 0.0736 e. The van der Waals surface area contributed by atoms with Gasteiger partial charge in [-0.25, -0.2) is 4.41 Å². The molecule has 4 nitrogen and oxygen atoms in total. The van der Waals surface area contributed by atoms with Crippen LogP contribution in [0.25, 0.3) is 0 Å². The average molecular weight is 180 g/mol. The van der Waals surface area contributed by atoms with Gasteiger partial charge in [-0.2, -0.15) is 0 Å². The number of hydrogen-bond acceptors (Lipinski definition) is 4. The van der Waals surface area contributed by atoms with Crippen molar-refractivity contribution in [2.75, 3.05) is 7.05 Å². The number of rotatable bonds is 1. The second kappa shape index (κ2) is 3.02. The van der Waals surface area contributed by atoms with Gasteiger partial charge >= 0.3 is 0 Å². The molecular weight excluding hydrogens is 172 g/mol. The summed E-state index contributed by atoms with van der Waals surface area (Å²) in [6.45, 7) is 0. The Balaban J connectivity index is 2.34. The monoisotopic (exact) mass is 180 g/mol. The van der Waals surface area contributed by atoms with Crippen molar-refractivity contribution < 1.29 is 0 Å². The van der Waals surface area contributed by atoms with Crippen LogP contribution in [0.1, 0.15) is 0 Å². The van der Waals surface area contributed by atoms with Crippen molar-refractivity contribution in [3.8, 4) is 0 Å². The van der Waals surface area contributed by atoms with Crippen LogP contribution in [0.15, 0.2) is 50.1 Å². The third-order valence-electron chi connectivity index (χ3n) is 1.48. The molecule has 2 rings (SSSR count). The predicted molar refractivity (Wildman–Crippen MR) is 47.1 cm³/mol. The van der Waals surface area contributed by atoms with Gasteiger partial charge in [0.2, 0.25) is 0 Å². The summed E-state index contributed by atoms with van der Waals surface area (Å²) in [5, 5.41) is 7.41. The first-order valence-corrected chi connectivity index (χ1v) is 4.67. The first-order chi connectivity index (χ1) is 5.88. The van der Waals surface area contributed by atoms with Crippen LogP contribution in [0.4, 0.5) is 0 Å².